The average molecular weight is 364 g/mol. The fraction of sp³-hybridized carbons (Fsp3) is 0.0714. The standard InChI is InChI=1S/C14H9ClF3NO3S/c1-23(21,22)8-2-3-10(15)9(6-8)14(20)19-7-4-11(16)13(18)12(17)5-7/h2-6H,1H3,(H,19,20). The quantitative estimate of drug-likeness (QED) is 0.850. The Morgan fingerprint density at radius 2 is 1.65 bits per heavy atom. The average Bonchev–Trinajstić information content (AvgIpc) is 2.43. The number of sulfone groups is 1. The minimum atomic E-state index is -3.58. The molecule has 122 valence electrons. The van der Waals surface area contributed by atoms with Crippen molar-refractivity contribution < 1.29 is 26.4 Å². The van der Waals surface area contributed by atoms with Crippen molar-refractivity contribution in [1.82, 2.24) is 0 Å². The zero-order valence-electron chi connectivity index (χ0n) is 11.5. The number of nitrogens with one attached hydrogen (secondary N) is 1. The van der Waals surface area contributed by atoms with E-state index in [1.54, 1.807) is 0 Å². The molecule has 4 nitrogen and oxygen atoms in total. The lowest BCUT2D eigenvalue weighted by Crippen LogP contribution is -2.14. The smallest absolute Gasteiger partial charge is 0.257 e. The highest BCUT2D eigenvalue weighted by Gasteiger charge is 2.17. The van der Waals surface area contributed by atoms with Crippen LogP contribution in [0.15, 0.2) is 35.2 Å². The molecule has 1 amide bonds. The van der Waals surface area contributed by atoms with Crippen LogP contribution in [0.3, 0.4) is 0 Å². The summed E-state index contributed by atoms with van der Waals surface area (Å²) in [4.78, 5) is 11.9. The van der Waals surface area contributed by atoms with E-state index >= 15 is 0 Å². The van der Waals surface area contributed by atoms with E-state index in [-0.39, 0.29) is 21.2 Å². The highest BCUT2D eigenvalue weighted by atomic mass is 35.5. The van der Waals surface area contributed by atoms with Crippen LogP contribution in [0, 0.1) is 17.5 Å². The van der Waals surface area contributed by atoms with Crippen molar-refractivity contribution in [2.75, 3.05) is 11.6 Å². The number of rotatable bonds is 3. The number of halogens is 4. The number of hydrogen-bond donors (Lipinski definition) is 1. The molecule has 9 heteroatoms. The van der Waals surface area contributed by atoms with Crippen molar-refractivity contribution in [3.8, 4) is 0 Å². The Morgan fingerprint density at radius 1 is 1.09 bits per heavy atom. The van der Waals surface area contributed by atoms with E-state index in [2.05, 4.69) is 5.32 Å². The normalized spacial score (nSPS) is 11.3. The summed E-state index contributed by atoms with van der Waals surface area (Å²) in [7, 11) is -3.58. The highest BCUT2D eigenvalue weighted by molar-refractivity contribution is 7.90. The van der Waals surface area contributed by atoms with Crippen LogP contribution < -0.4 is 5.32 Å². The van der Waals surface area contributed by atoms with E-state index in [4.69, 9.17) is 11.6 Å². The van der Waals surface area contributed by atoms with E-state index < -0.39 is 33.2 Å². The molecule has 2 aromatic carbocycles. The molecule has 0 aliphatic heterocycles. The number of anilines is 1. The first kappa shape index (κ1) is 17.3. The van der Waals surface area contributed by atoms with Crippen LogP contribution >= 0.6 is 11.6 Å². The van der Waals surface area contributed by atoms with Crippen LogP contribution in [0.25, 0.3) is 0 Å². The molecule has 23 heavy (non-hydrogen) atoms. The van der Waals surface area contributed by atoms with Gasteiger partial charge in [0.15, 0.2) is 27.3 Å². The maximum Gasteiger partial charge on any atom is 0.257 e. The molecule has 0 aliphatic carbocycles. The van der Waals surface area contributed by atoms with Crippen molar-refractivity contribution in [2.24, 2.45) is 0 Å². The van der Waals surface area contributed by atoms with Gasteiger partial charge in [-0.1, -0.05) is 11.6 Å². The van der Waals surface area contributed by atoms with Crippen LogP contribution in [0.1, 0.15) is 10.4 Å². The SMILES string of the molecule is CS(=O)(=O)c1ccc(Cl)c(C(=O)Nc2cc(F)c(F)c(F)c2)c1. The van der Waals surface area contributed by atoms with Gasteiger partial charge in [-0.3, -0.25) is 4.79 Å². The van der Waals surface area contributed by atoms with Gasteiger partial charge in [-0.15, -0.1) is 0 Å². The van der Waals surface area contributed by atoms with Gasteiger partial charge in [0.25, 0.3) is 5.91 Å². The van der Waals surface area contributed by atoms with Crippen molar-refractivity contribution in [1.29, 1.82) is 0 Å². The first-order chi connectivity index (χ1) is 10.6. The number of amides is 1. The van der Waals surface area contributed by atoms with Crippen molar-refractivity contribution in [3.05, 3.63) is 58.4 Å². The summed E-state index contributed by atoms with van der Waals surface area (Å²) in [6.45, 7) is 0. The van der Waals surface area contributed by atoms with Crippen LogP contribution in [-0.4, -0.2) is 20.6 Å². The molecule has 0 unspecified atom stereocenters. The molecule has 0 radical (unpaired) electrons. The lowest BCUT2D eigenvalue weighted by molar-refractivity contribution is 0.102. The first-order valence-corrected chi connectivity index (χ1v) is 8.32. The first-order valence-electron chi connectivity index (χ1n) is 6.05. The fourth-order valence-corrected chi connectivity index (χ4v) is 2.59. The number of benzene rings is 2. The Bertz CT molecular complexity index is 877. The maximum absolute atomic E-state index is 13.1. The second-order valence-corrected chi connectivity index (χ2v) is 7.04. The van der Waals surface area contributed by atoms with Gasteiger partial charge in [-0.25, -0.2) is 21.6 Å². The molecule has 0 bridgehead atoms. The molecule has 1 N–H and O–H groups in total. The largest absolute Gasteiger partial charge is 0.322 e. The van der Waals surface area contributed by atoms with E-state index in [1.165, 1.54) is 12.1 Å². The third-order valence-corrected chi connectivity index (χ3v) is 4.29. The summed E-state index contributed by atoms with van der Waals surface area (Å²) in [5.74, 6) is -5.52. The number of hydrogen-bond acceptors (Lipinski definition) is 3. The molecule has 0 fully saturated rings. The zero-order chi connectivity index (χ0) is 17.4. The highest BCUT2D eigenvalue weighted by Crippen LogP contribution is 2.23. The number of carbonyl (C=O) groups excluding carboxylic acids is 1. The van der Waals surface area contributed by atoms with E-state index in [0.717, 1.165) is 12.3 Å². The van der Waals surface area contributed by atoms with Gasteiger partial charge >= 0.3 is 0 Å². The fourth-order valence-electron chi connectivity index (χ4n) is 1.74. The summed E-state index contributed by atoms with van der Waals surface area (Å²) < 4.78 is 62.1. The van der Waals surface area contributed by atoms with Crippen LogP contribution in [-0.2, 0) is 9.84 Å². The Balaban J connectivity index is 2.38. The van der Waals surface area contributed by atoms with Gasteiger partial charge in [0.1, 0.15) is 0 Å². The van der Waals surface area contributed by atoms with E-state index in [0.29, 0.717) is 12.1 Å². The van der Waals surface area contributed by atoms with Gasteiger partial charge in [0, 0.05) is 24.1 Å². The lowest BCUT2D eigenvalue weighted by atomic mass is 10.2. The van der Waals surface area contributed by atoms with E-state index in [1.807, 2.05) is 0 Å². The van der Waals surface area contributed by atoms with Crippen LogP contribution in [0.2, 0.25) is 5.02 Å². The van der Waals surface area contributed by atoms with Gasteiger partial charge in [-0.05, 0) is 18.2 Å². The summed E-state index contributed by atoms with van der Waals surface area (Å²) in [6, 6.07) is 4.63. The van der Waals surface area contributed by atoms with Gasteiger partial charge in [0.2, 0.25) is 0 Å². The second kappa shape index (κ2) is 6.21. The molecule has 2 aromatic rings. The molecular formula is C14H9ClF3NO3S. The van der Waals surface area contributed by atoms with Crippen molar-refractivity contribution in [3.63, 3.8) is 0 Å². The Labute approximate surface area is 134 Å². The molecular weight excluding hydrogens is 355 g/mol. The predicted octanol–water partition coefficient (Wildman–Crippen LogP) is 3.41. The van der Waals surface area contributed by atoms with Crippen molar-refractivity contribution >= 4 is 33.0 Å². The van der Waals surface area contributed by atoms with Crippen LogP contribution in [0.4, 0.5) is 18.9 Å². The maximum atomic E-state index is 13.1. The molecule has 0 aliphatic rings. The summed E-state index contributed by atoms with van der Waals surface area (Å²) in [5, 5.41) is 2.06. The Hall–Kier alpha value is -2.06. The predicted molar refractivity (Wildman–Crippen MR) is 78.8 cm³/mol. The van der Waals surface area contributed by atoms with Gasteiger partial charge < -0.3 is 5.32 Å². The third kappa shape index (κ3) is 3.83. The van der Waals surface area contributed by atoms with Crippen molar-refractivity contribution in [2.45, 2.75) is 4.90 Å². The zero-order valence-corrected chi connectivity index (χ0v) is 13.1. The van der Waals surface area contributed by atoms with Gasteiger partial charge in [-0.2, -0.15) is 0 Å². The summed E-state index contributed by atoms with van der Waals surface area (Å²) >= 11 is 5.83. The third-order valence-electron chi connectivity index (χ3n) is 2.85. The molecule has 0 heterocycles. The Morgan fingerprint density at radius 3 is 2.17 bits per heavy atom. The molecule has 2 rings (SSSR count). The van der Waals surface area contributed by atoms with E-state index in [9.17, 15) is 26.4 Å². The monoisotopic (exact) mass is 363 g/mol. The minimum Gasteiger partial charge on any atom is -0.322 e. The molecule has 0 saturated carbocycles. The molecule has 0 atom stereocenters. The summed E-state index contributed by atoms with van der Waals surface area (Å²) in [6.07, 6.45) is 0.947. The van der Waals surface area contributed by atoms with Crippen LogP contribution in [0.5, 0.6) is 0 Å². The molecule has 0 spiro atoms. The topological polar surface area (TPSA) is 63.2 Å². The summed E-state index contributed by atoms with van der Waals surface area (Å²) in [5.41, 5.74) is -0.549. The molecule has 0 saturated heterocycles. The second-order valence-electron chi connectivity index (χ2n) is 4.62. The lowest BCUT2D eigenvalue weighted by Gasteiger charge is -2.09. The Kier molecular flexibility index (Phi) is 4.67. The molecule has 0 aromatic heterocycles. The minimum absolute atomic E-state index is 0.0574. The number of carbonyl (C=O) groups is 1. The van der Waals surface area contributed by atoms with Gasteiger partial charge in [0.05, 0.1) is 15.5 Å².